The van der Waals surface area contributed by atoms with E-state index in [1.807, 2.05) is 43.2 Å². The summed E-state index contributed by atoms with van der Waals surface area (Å²) in [6.07, 6.45) is 3.49. The summed E-state index contributed by atoms with van der Waals surface area (Å²) in [5, 5.41) is 0. The van der Waals surface area contributed by atoms with Crippen molar-refractivity contribution >= 4 is 43.2 Å². The molecule has 0 aromatic carbocycles. The molecule has 1 spiro atoms. The molecule has 0 amide bonds. The highest BCUT2D eigenvalue weighted by molar-refractivity contribution is 8.80. The molecule has 1 saturated heterocycles. The Bertz CT molecular complexity index is 274. The van der Waals surface area contributed by atoms with E-state index in [1.54, 1.807) is 0 Å². The Morgan fingerprint density at radius 3 is 2.31 bits per heavy atom. The fourth-order valence-electron chi connectivity index (χ4n) is 1.90. The quantitative estimate of drug-likeness (QED) is 0.603. The maximum Gasteiger partial charge on any atom is 0.0821 e. The van der Waals surface area contributed by atoms with Crippen LogP contribution >= 0.6 is 43.2 Å². The van der Waals surface area contributed by atoms with Crippen LogP contribution in [0.25, 0.3) is 0 Å². The molecule has 1 aliphatic carbocycles. The molecule has 2 unspecified atom stereocenters. The molecular weight excluding hydrogens is 276 g/mol. The van der Waals surface area contributed by atoms with E-state index < -0.39 is 5.66 Å². The van der Waals surface area contributed by atoms with Crippen LogP contribution in [-0.4, -0.2) is 26.7 Å². The van der Waals surface area contributed by atoms with Gasteiger partial charge in [-0.05, 0) is 19.8 Å². The van der Waals surface area contributed by atoms with Gasteiger partial charge in [0.25, 0.3) is 0 Å². The van der Waals surface area contributed by atoms with Gasteiger partial charge in [-0.2, -0.15) is 0 Å². The first-order chi connectivity index (χ1) is 7.43. The van der Waals surface area contributed by atoms with E-state index in [2.05, 4.69) is 13.8 Å². The average Bonchev–Trinajstić information content (AvgIpc) is 2.73. The highest BCUT2D eigenvalue weighted by Gasteiger charge is 2.64. The van der Waals surface area contributed by atoms with Gasteiger partial charge in [-0.3, -0.25) is 0 Å². The SMILES string of the molecule is CCCC1(C)CSSCC2(CC2(N)N)SS1. The van der Waals surface area contributed by atoms with Gasteiger partial charge in [0.05, 0.1) is 10.4 Å². The second-order valence-corrected chi connectivity index (χ2v) is 10.7. The van der Waals surface area contributed by atoms with E-state index >= 15 is 0 Å². The Balaban J connectivity index is 2.00. The summed E-state index contributed by atoms with van der Waals surface area (Å²) in [5.74, 6) is 2.31. The summed E-state index contributed by atoms with van der Waals surface area (Å²) in [6, 6.07) is 0. The lowest BCUT2D eigenvalue weighted by atomic mass is 10.1. The van der Waals surface area contributed by atoms with Gasteiger partial charge >= 0.3 is 0 Å². The summed E-state index contributed by atoms with van der Waals surface area (Å²) >= 11 is 0. The highest BCUT2D eigenvalue weighted by Crippen LogP contribution is 2.64. The second kappa shape index (κ2) is 4.78. The van der Waals surface area contributed by atoms with E-state index in [4.69, 9.17) is 11.5 Å². The summed E-state index contributed by atoms with van der Waals surface area (Å²) in [6.45, 7) is 4.63. The van der Waals surface area contributed by atoms with Crippen molar-refractivity contribution in [3.8, 4) is 0 Å². The first-order valence-electron chi connectivity index (χ1n) is 5.62. The fourth-order valence-corrected chi connectivity index (χ4v) is 10.0. The Hall–Kier alpha value is 1.32. The summed E-state index contributed by atoms with van der Waals surface area (Å²) in [5.41, 5.74) is 11.7. The van der Waals surface area contributed by atoms with Gasteiger partial charge in [0.2, 0.25) is 0 Å². The zero-order valence-electron chi connectivity index (χ0n) is 9.82. The molecule has 1 heterocycles. The van der Waals surface area contributed by atoms with Crippen LogP contribution in [0.5, 0.6) is 0 Å². The molecule has 1 saturated carbocycles. The van der Waals surface area contributed by atoms with Crippen molar-refractivity contribution in [1.82, 2.24) is 0 Å². The van der Waals surface area contributed by atoms with Crippen molar-refractivity contribution in [3.63, 3.8) is 0 Å². The molecule has 2 atom stereocenters. The molecule has 94 valence electrons. The molecule has 0 bridgehead atoms. The van der Waals surface area contributed by atoms with Crippen LogP contribution in [0.15, 0.2) is 0 Å². The van der Waals surface area contributed by atoms with Crippen LogP contribution in [0.3, 0.4) is 0 Å². The lowest BCUT2D eigenvalue weighted by Gasteiger charge is -2.32. The van der Waals surface area contributed by atoms with E-state index in [0.717, 1.165) is 12.2 Å². The van der Waals surface area contributed by atoms with Gasteiger partial charge in [-0.15, -0.1) is 0 Å². The van der Waals surface area contributed by atoms with Crippen molar-refractivity contribution < 1.29 is 0 Å². The third-order valence-corrected chi connectivity index (χ3v) is 10.6. The van der Waals surface area contributed by atoms with Crippen molar-refractivity contribution in [2.45, 2.75) is 48.3 Å². The number of rotatable bonds is 2. The lowest BCUT2D eigenvalue weighted by Crippen LogP contribution is -2.43. The first kappa shape index (κ1) is 13.7. The molecule has 1 aliphatic heterocycles. The molecule has 0 aromatic rings. The fraction of sp³-hybridized carbons (Fsp3) is 1.00. The molecule has 16 heavy (non-hydrogen) atoms. The van der Waals surface area contributed by atoms with Gasteiger partial charge < -0.3 is 11.5 Å². The average molecular weight is 297 g/mol. The largest absolute Gasteiger partial charge is 0.312 e. The minimum Gasteiger partial charge on any atom is -0.312 e. The monoisotopic (exact) mass is 296 g/mol. The van der Waals surface area contributed by atoms with Gasteiger partial charge in [0.15, 0.2) is 0 Å². The second-order valence-electron chi connectivity index (χ2n) is 5.10. The zero-order chi connectivity index (χ0) is 11.9. The Labute approximate surface area is 114 Å². The van der Waals surface area contributed by atoms with Crippen molar-refractivity contribution in [1.29, 1.82) is 0 Å². The summed E-state index contributed by atoms with van der Waals surface area (Å²) in [7, 11) is 7.91. The minimum atomic E-state index is -0.428. The van der Waals surface area contributed by atoms with E-state index in [0.29, 0.717) is 4.75 Å². The van der Waals surface area contributed by atoms with Gasteiger partial charge in [0.1, 0.15) is 0 Å². The van der Waals surface area contributed by atoms with Crippen LogP contribution in [0.2, 0.25) is 0 Å². The van der Waals surface area contributed by atoms with Gasteiger partial charge in [0, 0.05) is 16.3 Å². The van der Waals surface area contributed by atoms with E-state index in [1.165, 1.54) is 18.6 Å². The summed E-state index contributed by atoms with van der Waals surface area (Å²) in [4.78, 5) is 0. The van der Waals surface area contributed by atoms with E-state index in [9.17, 15) is 0 Å². The van der Waals surface area contributed by atoms with Crippen LogP contribution < -0.4 is 11.5 Å². The molecule has 2 nitrogen and oxygen atoms in total. The molecular formula is C10H20N2S4. The minimum absolute atomic E-state index is 0.130. The number of hydrogen-bond acceptors (Lipinski definition) is 6. The third kappa shape index (κ3) is 2.67. The third-order valence-electron chi connectivity index (χ3n) is 3.22. The predicted molar refractivity (Wildman–Crippen MR) is 81.9 cm³/mol. The molecule has 2 fully saturated rings. The van der Waals surface area contributed by atoms with Crippen molar-refractivity contribution in [2.75, 3.05) is 11.5 Å². The smallest absolute Gasteiger partial charge is 0.0821 e. The number of hydrogen-bond donors (Lipinski definition) is 2. The van der Waals surface area contributed by atoms with Gasteiger partial charge in [-0.25, -0.2) is 0 Å². The predicted octanol–water partition coefficient (Wildman–Crippen LogP) is 3.08. The topological polar surface area (TPSA) is 52.0 Å². The molecule has 6 heteroatoms. The molecule has 2 aliphatic rings. The zero-order valence-corrected chi connectivity index (χ0v) is 13.1. The Morgan fingerprint density at radius 1 is 1.12 bits per heavy atom. The van der Waals surface area contributed by atoms with Crippen LogP contribution in [0.1, 0.15) is 33.1 Å². The van der Waals surface area contributed by atoms with Crippen molar-refractivity contribution in [2.24, 2.45) is 11.5 Å². The molecule has 4 N–H and O–H groups in total. The number of nitrogens with two attached hydrogens (primary N) is 2. The van der Waals surface area contributed by atoms with Crippen LogP contribution in [-0.2, 0) is 0 Å². The Kier molecular flexibility index (Phi) is 4.10. The highest BCUT2D eigenvalue weighted by atomic mass is 33.1. The van der Waals surface area contributed by atoms with Crippen LogP contribution in [0.4, 0.5) is 0 Å². The maximum absolute atomic E-state index is 6.08. The van der Waals surface area contributed by atoms with Crippen molar-refractivity contribution in [3.05, 3.63) is 0 Å². The molecule has 2 rings (SSSR count). The lowest BCUT2D eigenvalue weighted by molar-refractivity contribution is 0.639. The maximum atomic E-state index is 6.08. The Morgan fingerprint density at radius 2 is 1.75 bits per heavy atom. The van der Waals surface area contributed by atoms with Crippen LogP contribution in [0, 0.1) is 0 Å². The van der Waals surface area contributed by atoms with Gasteiger partial charge in [-0.1, -0.05) is 56.5 Å². The standard InChI is InChI=1S/C10H20N2S4/c1-3-4-8(2)6-13-14-7-9(16-15-8)5-10(9,11)12/h3-7,11-12H2,1-2H3. The molecule has 0 aromatic heterocycles. The van der Waals surface area contributed by atoms with E-state index in [-0.39, 0.29) is 4.75 Å². The molecule has 0 radical (unpaired) electrons. The summed E-state index contributed by atoms with van der Waals surface area (Å²) < 4.78 is 0.508. The normalized spacial score (nSPS) is 42.8. The first-order valence-corrected chi connectivity index (χ1v) is 10.3.